The maximum atomic E-state index is 3.26. The molecule has 0 heterocycles. The molecule has 0 amide bonds. The van der Waals surface area contributed by atoms with Gasteiger partial charge in [-0.05, 0) is 50.7 Å². The Balaban J connectivity index is 2.25. The average Bonchev–Trinajstić information content (AvgIpc) is 2.49. The lowest BCUT2D eigenvalue weighted by molar-refractivity contribution is 0.652. The molecule has 0 saturated heterocycles. The molecule has 0 aliphatic carbocycles. The Morgan fingerprint density at radius 1 is 0.947 bits per heavy atom. The third-order valence-electron chi connectivity index (χ3n) is 3.52. The van der Waals surface area contributed by atoms with E-state index in [-0.39, 0.29) is 0 Å². The fraction of sp³-hybridized carbons (Fsp3) is 0.294. The van der Waals surface area contributed by atoms with E-state index in [1.807, 2.05) is 7.05 Å². The summed E-state index contributed by atoms with van der Waals surface area (Å²) in [5, 5.41) is 3.26. The van der Waals surface area contributed by atoms with Gasteiger partial charge in [0.05, 0.1) is 0 Å². The second-order valence-electron chi connectivity index (χ2n) is 4.68. The van der Waals surface area contributed by atoms with Gasteiger partial charge in [-0.1, -0.05) is 30.3 Å². The molecule has 0 aromatic heterocycles. The number of nitrogens with one attached hydrogen (secondary N) is 1. The smallest absolute Gasteiger partial charge is 0.0410 e. The lowest BCUT2D eigenvalue weighted by atomic mass is 10.1. The van der Waals surface area contributed by atoms with Gasteiger partial charge in [0.2, 0.25) is 0 Å². The van der Waals surface area contributed by atoms with E-state index in [0.717, 1.165) is 6.54 Å². The molecule has 1 N–H and O–H groups in total. The molecule has 2 aromatic rings. The standard InChI is InChI=1S/C17H22N2/c1-4-19(16-8-6-5-7-9-16)17-12-10-15(11-13-17)14(2)18-3/h5-14,18H,4H2,1-3H3. The van der Waals surface area contributed by atoms with E-state index in [1.165, 1.54) is 16.9 Å². The summed E-state index contributed by atoms with van der Waals surface area (Å²) in [4.78, 5) is 2.31. The zero-order chi connectivity index (χ0) is 13.7. The van der Waals surface area contributed by atoms with Gasteiger partial charge in [-0.15, -0.1) is 0 Å². The summed E-state index contributed by atoms with van der Waals surface area (Å²) < 4.78 is 0. The molecule has 0 fully saturated rings. The van der Waals surface area contributed by atoms with Crippen molar-refractivity contribution in [3.05, 3.63) is 60.2 Å². The summed E-state index contributed by atoms with van der Waals surface area (Å²) in [5.41, 5.74) is 3.79. The second kappa shape index (κ2) is 6.39. The van der Waals surface area contributed by atoms with Crippen molar-refractivity contribution in [1.29, 1.82) is 0 Å². The zero-order valence-electron chi connectivity index (χ0n) is 11.9. The predicted molar refractivity (Wildman–Crippen MR) is 83.0 cm³/mol. The van der Waals surface area contributed by atoms with Crippen molar-refractivity contribution in [1.82, 2.24) is 5.32 Å². The first-order valence-corrected chi connectivity index (χ1v) is 6.86. The molecule has 19 heavy (non-hydrogen) atoms. The van der Waals surface area contributed by atoms with Gasteiger partial charge in [0.15, 0.2) is 0 Å². The average molecular weight is 254 g/mol. The van der Waals surface area contributed by atoms with Gasteiger partial charge >= 0.3 is 0 Å². The normalized spacial score (nSPS) is 12.2. The van der Waals surface area contributed by atoms with Crippen molar-refractivity contribution in [2.75, 3.05) is 18.5 Å². The first-order valence-electron chi connectivity index (χ1n) is 6.86. The van der Waals surface area contributed by atoms with Crippen LogP contribution in [0.3, 0.4) is 0 Å². The molecule has 2 heteroatoms. The summed E-state index contributed by atoms with van der Waals surface area (Å²) in [6, 6.07) is 19.7. The fourth-order valence-corrected chi connectivity index (χ4v) is 2.23. The Kier molecular flexibility index (Phi) is 4.58. The molecule has 2 nitrogen and oxygen atoms in total. The molecular weight excluding hydrogens is 232 g/mol. The second-order valence-corrected chi connectivity index (χ2v) is 4.68. The number of hydrogen-bond donors (Lipinski definition) is 1. The first-order chi connectivity index (χ1) is 9.26. The van der Waals surface area contributed by atoms with Crippen molar-refractivity contribution in [2.45, 2.75) is 19.9 Å². The highest BCUT2D eigenvalue weighted by molar-refractivity contribution is 5.63. The van der Waals surface area contributed by atoms with Gasteiger partial charge in [0, 0.05) is 24.0 Å². The molecular formula is C17H22N2. The fourth-order valence-electron chi connectivity index (χ4n) is 2.23. The van der Waals surface area contributed by atoms with Crippen LogP contribution in [0.2, 0.25) is 0 Å². The van der Waals surface area contributed by atoms with Crippen molar-refractivity contribution in [3.63, 3.8) is 0 Å². The highest BCUT2D eigenvalue weighted by Gasteiger charge is 2.07. The minimum absolute atomic E-state index is 0.390. The molecule has 0 bridgehead atoms. The number of anilines is 2. The highest BCUT2D eigenvalue weighted by atomic mass is 15.1. The predicted octanol–water partition coefficient (Wildman–Crippen LogP) is 4.13. The number of para-hydroxylation sites is 1. The Hall–Kier alpha value is -1.80. The van der Waals surface area contributed by atoms with Crippen LogP contribution < -0.4 is 10.2 Å². The van der Waals surface area contributed by atoms with Gasteiger partial charge in [0.25, 0.3) is 0 Å². The van der Waals surface area contributed by atoms with Gasteiger partial charge in [0.1, 0.15) is 0 Å². The van der Waals surface area contributed by atoms with E-state index >= 15 is 0 Å². The van der Waals surface area contributed by atoms with Gasteiger partial charge < -0.3 is 10.2 Å². The van der Waals surface area contributed by atoms with Crippen molar-refractivity contribution >= 4 is 11.4 Å². The van der Waals surface area contributed by atoms with E-state index < -0.39 is 0 Å². The van der Waals surface area contributed by atoms with Gasteiger partial charge in [-0.25, -0.2) is 0 Å². The molecule has 1 atom stereocenters. The molecule has 0 aliphatic rings. The molecule has 0 saturated carbocycles. The van der Waals surface area contributed by atoms with Crippen LogP contribution in [0.4, 0.5) is 11.4 Å². The van der Waals surface area contributed by atoms with Crippen molar-refractivity contribution in [2.24, 2.45) is 0 Å². The topological polar surface area (TPSA) is 15.3 Å². The molecule has 2 aromatic carbocycles. The number of nitrogens with zero attached hydrogens (tertiary/aromatic N) is 1. The monoisotopic (exact) mass is 254 g/mol. The van der Waals surface area contributed by atoms with Crippen LogP contribution in [0.1, 0.15) is 25.5 Å². The zero-order valence-corrected chi connectivity index (χ0v) is 11.9. The number of hydrogen-bond acceptors (Lipinski definition) is 2. The van der Waals surface area contributed by atoms with E-state index in [2.05, 4.69) is 78.7 Å². The minimum Gasteiger partial charge on any atom is -0.342 e. The van der Waals surface area contributed by atoms with E-state index in [1.54, 1.807) is 0 Å². The van der Waals surface area contributed by atoms with E-state index in [9.17, 15) is 0 Å². The molecule has 1 unspecified atom stereocenters. The lowest BCUT2D eigenvalue weighted by Crippen LogP contribution is -2.16. The van der Waals surface area contributed by atoms with Crippen LogP contribution in [-0.2, 0) is 0 Å². The number of benzene rings is 2. The number of rotatable bonds is 5. The van der Waals surface area contributed by atoms with Crippen molar-refractivity contribution < 1.29 is 0 Å². The summed E-state index contributed by atoms with van der Waals surface area (Å²) in [6.07, 6.45) is 0. The van der Waals surface area contributed by atoms with Crippen LogP contribution in [0.5, 0.6) is 0 Å². The summed E-state index contributed by atoms with van der Waals surface area (Å²) in [7, 11) is 1.99. The summed E-state index contributed by atoms with van der Waals surface area (Å²) in [5.74, 6) is 0. The van der Waals surface area contributed by atoms with Crippen LogP contribution in [0, 0.1) is 0 Å². The van der Waals surface area contributed by atoms with Gasteiger partial charge in [-0.2, -0.15) is 0 Å². The minimum atomic E-state index is 0.390. The van der Waals surface area contributed by atoms with Crippen molar-refractivity contribution in [3.8, 4) is 0 Å². The molecule has 0 radical (unpaired) electrons. The van der Waals surface area contributed by atoms with E-state index in [4.69, 9.17) is 0 Å². The quantitative estimate of drug-likeness (QED) is 0.863. The molecule has 0 aliphatic heterocycles. The van der Waals surface area contributed by atoms with Crippen LogP contribution in [-0.4, -0.2) is 13.6 Å². The maximum Gasteiger partial charge on any atom is 0.0410 e. The Labute approximate surface area is 116 Å². The van der Waals surface area contributed by atoms with Gasteiger partial charge in [-0.3, -0.25) is 0 Å². The highest BCUT2D eigenvalue weighted by Crippen LogP contribution is 2.26. The Morgan fingerprint density at radius 2 is 1.53 bits per heavy atom. The SMILES string of the molecule is CCN(c1ccccc1)c1ccc(C(C)NC)cc1. The molecule has 0 spiro atoms. The summed E-state index contributed by atoms with van der Waals surface area (Å²) in [6.45, 7) is 5.31. The third-order valence-corrected chi connectivity index (χ3v) is 3.52. The van der Waals surface area contributed by atoms with E-state index in [0.29, 0.717) is 6.04 Å². The largest absolute Gasteiger partial charge is 0.342 e. The van der Waals surface area contributed by atoms with Crippen LogP contribution in [0.25, 0.3) is 0 Å². The molecule has 100 valence electrons. The van der Waals surface area contributed by atoms with Crippen LogP contribution in [0.15, 0.2) is 54.6 Å². The maximum absolute atomic E-state index is 3.26. The lowest BCUT2D eigenvalue weighted by Gasteiger charge is -2.24. The van der Waals surface area contributed by atoms with Crippen LogP contribution >= 0.6 is 0 Å². The Morgan fingerprint density at radius 3 is 2.05 bits per heavy atom. The first kappa shape index (κ1) is 13.6. The third kappa shape index (κ3) is 3.15. The summed E-state index contributed by atoms with van der Waals surface area (Å²) >= 11 is 0. The Bertz CT molecular complexity index is 490. The molecule has 2 rings (SSSR count).